The van der Waals surface area contributed by atoms with Gasteiger partial charge >= 0.3 is 0 Å². The highest BCUT2D eigenvalue weighted by atomic mass is 35.5. The molecule has 1 amide bonds. The number of likely N-dealkylation sites (tertiary alicyclic amines) is 1. The van der Waals surface area contributed by atoms with Gasteiger partial charge in [-0.1, -0.05) is 59.1 Å². The first-order valence-corrected chi connectivity index (χ1v) is 12.6. The summed E-state index contributed by atoms with van der Waals surface area (Å²) >= 11 is 12.3. The van der Waals surface area contributed by atoms with Gasteiger partial charge in [0, 0.05) is 25.8 Å². The third-order valence-electron chi connectivity index (χ3n) is 6.16. The molecule has 1 aliphatic rings. The van der Waals surface area contributed by atoms with E-state index in [1.807, 2.05) is 25.1 Å². The Balaban J connectivity index is 1.65. The normalized spacial score (nSPS) is 16.9. The van der Waals surface area contributed by atoms with Crippen LogP contribution in [0, 0.1) is 6.92 Å². The molecule has 4 rings (SSSR count). The Morgan fingerprint density at radius 3 is 2.43 bits per heavy atom. The molecule has 0 saturated carbocycles. The van der Waals surface area contributed by atoms with E-state index in [-0.39, 0.29) is 22.9 Å². The topological polar surface area (TPSA) is 76.1 Å². The number of methoxy groups -OCH3 is 1. The molecule has 1 aliphatic heterocycles. The minimum Gasteiger partial charge on any atom is -0.507 e. The SMILES string of the molecule is COCCCN1C(=O)C(=O)/C(=C(\O)c2ccc(OCc3cccc(C)c3)cc2)C1c1ccc(Cl)c(Cl)c1. The Kier molecular flexibility index (Phi) is 8.54. The number of Topliss-reactive ketones (excluding diaryl/α,β-unsaturated/α-hetero) is 1. The molecule has 1 unspecified atom stereocenters. The molecular weight excluding hydrogens is 513 g/mol. The van der Waals surface area contributed by atoms with E-state index in [0.29, 0.717) is 41.5 Å². The van der Waals surface area contributed by atoms with E-state index in [0.717, 1.165) is 11.1 Å². The number of aliphatic hydroxyl groups excluding tert-OH is 1. The van der Waals surface area contributed by atoms with Gasteiger partial charge in [0.15, 0.2) is 0 Å². The number of aliphatic hydroxyl groups is 1. The van der Waals surface area contributed by atoms with Crippen LogP contribution in [0.3, 0.4) is 0 Å². The van der Waals surface area contributed by atoms with Crippen LogP contribution in [-0.2, 0) is 20.9 Å². The molecule has 6 nitrogen and oxygen atoms in total. The molecular formula is C29H27Cl2NO5. The summed E-state index contributed by atoms with van der Waals surface area (Å²) in [7, 11) is 1.57. The summed E-state index contributed by atoms with van der Waals surface area (Å²) in [6.45, 7) is 3.11. The number of hydrogen-bond acceptors (Lipinski definition) is 5. The summed E-state index contributed by atoms with van der Waals surface area (Å²) in [6.07, 6.45) is 0.522. The molecule has 0 aliphatic carbocycles. The lowest BCUT2D eigenvalue weighted by Crippen LogP contribution is -2.31. The minimum atomic E-state index is -0.816. The van der Waals surface area contributed by atoms with E-state index in [9.17, 15) is 14.7 Å². The van der Waals surface area contributed by atoms with E-state index < -0.39 is 17.7 Å². The van der Waals surface area contributed by atoms with Crippen LogP contribution in [0.4, 0.5) is 0 Å². The highest BCUT2D eigenvalue weighted by molar-refractivity contribution is 6.46. The Hall–Kier alpha value is -3.32. The predicted octanol–water partition coefficient (Wildman–Crippen LogP) is 6.34. The Morgan fingerprint density at radius 1 is 1.00 bits per heavy atom. The molecule has 0 radical (unpaired) electrons. The lowest BCUT2D eigenvalue weighted by Gasteiger charge is -2.25. The van der Waals surface area contributed by atoms with Crippen LogP contribution < -0.4 is 4.74 Å². The molecule has 1 fully saturated rings. The van der Waals surface area contributed by atoms with Crippen molar-refractivity contribution >= 4 is 40.7 Å². The van der Waals surface area contributed by atoms with Crippen molar-refractivity contribution in [3.8, 4) is 5.75 Å². The first kappa shape index (κ1) is 26.7. The number of ketones is 1. The fourth-order valence-corrected chi connectivity index (χ4v) is 4.66. The smallest absolute Gasteiger partial charge is 0.295 e. The predicted molar refractivity (Wildman–Crippen MR) is 144 cm³/mol. The quantitative estimate of drug-likeness (QED) is 0.148. The van der Waals surface area contributed by atoms with E-state index in [4.69, 9.17) is 32.7 Å². The Morgan fingerprint density at radius 2 is 1.76 bits per heavy atom. The van der Waals surface area contributed by atoms with Gasteiger partial charge in [-0.25, -0.2) is 0 Å². The first-order valence-electron chi connectivity index (χ1n) is 11.8. The largest absolute Gasteiger partial charge is 0.507 e. The van der Waals surface area contributed by atoms with Crippen LogP contribution >= 0.6 is 23.2 Å². The number of aryl methyl sites for hydroxylation is 1. The van der Waals surface area contributed by atoms with Crippen LogP contribution in [0.15, 0.2) is 72.3 Å². The number of amides is 1. The lowest BCUT2D eigenvalue weighted by atomic mass is 9.95. The summed E-state index contributed by atoms with van der Waals surface area (Å²) in [4.78, 5) is 27.6. The third kappa shape index (κ3) is 5.99. The van der Waals surface area contributed by atoms with E-state index in [1.165, 1.54) is 4.90 Å². The van der Waals surface area contributed by atoms with Gasteiger partial charge < -0.3 is 19.5 Å². The maximum atomic E-state index is 13.1. The monoisotopic (exact) mass is 539 g/mol. The zero-order valence-corrected chi connectivity index (χ0v) is 22.1. The van der Waals surface area contributed by atoms with E-state index in [2.05, 4.69) is 6.07 Å². The number of ether oxygens (including phenoxy) is 2. The van der Waals surface area contributed by atoms with Crippen LogP contribution in [0.1, 0.15) is 34.7 Å². The molecule has 1 atom stereocenters. The van der Waals surface area contributed by atoms with Crippen molar-refractivity contribution in [2.24, 2.45) is 0 Å². The molecule has 192 valence electrons. The standard InChI is InChI=1S/C29H27Cl2NO5/c1-18-5-3-6-19(15-18)17-37-22-10-7-20(8-11-22)27(33)25-26(21-9-12-23(30)24(31)16-21)32(13-4-14-36-2)29(35)28(25)34/h3,5-12,15-16,26,33H,4,13-14,17H2,1-2H3/b27-25-. The average Bonchev–Trinajstić information content (AvgIpc) is 3.14. The fraction of sp³-hybridized carbons (Fsp3) is 0.241. The summed E-state index contributed by atoms with van der Waals surface area (Å²) in [5.41, 5.74) is 3.15. The van der Waals surface area contributed by atoms with E-state index >= 15 is 0 Å². The van der Waals surface area contributed by atoms with Gasteiger partial charge in [-0.05, 0) is 60.9 Å². The number of rotatable bonds is 9. The highest BCUT2D eigenvalue weighted by Crippen LogP contribution is 2.41. The second-order valence-corrected chi connectivity index (χ2v) is 9.63. The number of halogens is 2. The second-order valence-electron chi connectivity index (χ2n) is 8.81. The van der Waals surface area contributed by atoms with E-state index in [1.54, 1.807) is 49.6 Å². The summed E-state index contributed by atoms with van der Waals surface area (Å²) in [5, 5.41) is 11.9. The fourth-order valence-electron chi connectivity index (χ4n) is 4.35. The second kappa shape index (κ2) is 11.8. The van der Waals surface area contributed by atoms with Crippen LogP contribution in [0.25, 0.3) is 5.76 Å². The van der Waals surface area contributed by atoms with Crippen molar-refractivity contribution in [2.45, 2.75) is 26.0 Å². The molecule has 1 heterocycles. The van der Waals surface area contributed by atoms with Gasteiger partial charge in [0.25, 0.3) is 11.7 Å². The maximum absolute atomic E-state index is 13.1. The zero-order chi connectivity index (χ0) is 26.5. The Bertz CT molecular complexity index is 1340. The number of hydrogen-bond donors (Lipinski definition) is 1. The summed E-state index contributed by atoms with van der Waals surface area (Å²) in [5.74, 6) is -1.11. The van der Waals surface area contributed by atoms with Gasteiger partial charge in [-0.3, -0.25) is 9.59 Å². The van der Waals surface area contributed by atoms with Crippen LogP contribution in [0.2, 0.25) is 10.0 Å². The molecule has 3 aromatic rings. The third-order valence-corrected chi connectivity index (χ3v) is 6.90. The maximum Gasteiger partial charge on any atom is 0.295 e. The molecule has 0 spiro atoms. The molecule has 8 heteroatoms. The molecule has 1 N–H and O–H groups in total. The van der Waals surface area contributed by atoms with Gasteiger partial charge in [-0.2, -0.15) is 0 Å². The first-order chi connectivity index (χ1) is 17.8. The van der Waals surface area contributed by atoms with Crippen LogP contribution in [0.5, 0.6) is 5.75 Å². The lowest BCUT2D eigenvalue weighted by molar-refractivity contribution is -0.140. The highest BCUT2D eigenvalue weighted by Gasteiger charge is 2.45. The van der Waals surface area contributed by atoms with Gasteiger partial charge in [-0.15, -0.1) is 0 Å². The molecule has 0 bridgehead atoms. The number of nitrogens with zero attached hydrogens (tertiary/aromatic N) is 1. The average molecular weight is 540 g/mol. The molecule has 0 aromatic heterocycles. The zero-order valence-electron chi connectivity index (χ0n) is 20.5. The molecule has 3 aromatic carbocycles. The van der Waals surface area contributed by atoms with Gasteiger partial charge in [0.2, 0.25) is 0 Å². The van der Waals surface area contributed by atoms with Crippen molar-refractivity contribution in [1.82, 2.24) is 4.90 Å². The van der Waals surface area contributed by atoms with Crippen LogP contribution in [-0.4, -0.2) is 42.0 Å². The molecule has 37 heavy (non-hydrogen) atoms. The summed E-state index contributed by atoms with van der Waals surface area (Å²) < 4.78 is 11.0. The van der Waals surface area contributed by atoms with Crippen molar-refractivity contribution in [3.63, 3.8) is 0 Å². The van der Waals surface area contributed by atoms with Gasteiger partial charge in [0.1, 0.15) is 18.1 Å². The van der Waals surface area contributed by atoms with Crippen molar-refractivity contribution < 1.29 is 24.2 Å². The Labute approximate surface area is 226 Å². The number of carbonyl (C=O) groups is 2. The molecule has 1 saturated heterocycles. The number of benzene rings is 3. The van der Waals surface area contributed by atoms with Crippen molar-refractivity contribution in [3.05, 3.63) is 105 Å². The summed E-state index contributed by atoms with van der Waals surface area (Å²) in [6, 6.07) is 18.9. The number of carbonyl (C=O) groups excluding carboxylic acids is 2. The van der Waals surface area contributed by atoms with Crippen molar-refractivity contribution in [2.75, 3.05) is 20.3 Å². The minimum absolute atomic E-state index is 0.00534. The van der Waals surface area contributed by atoms with Gasteiger partial charge in [0.05, 0.1) is 21.7 Å². The van der Waals surface area contributed by atoms with Crippen molar-refractivity contribution in [1.29, 1.82) is 0 Å².